The number of nitrogen functional groups attached to an aromatic ring is 1. The van der Waals surface area contributed by atoms with Gasteiger partial charge < -0.3 is 11.1 Å². The van der Waals surface area contributed by atoms with E-state index in [0.717, 1.165) is 5.56 Å². The fraction of sp³-hybridized carbons (Fsp3) is 0.133. The molecule has 2 aromatic rings. The first-order valence-electron chi connectivity index (χ1n) is 5.95. The molecular weight excluding hydrogens is 260 g/mol. The van der Waals surface area contributed by atoms with E-state index in [9.17, 15) is 4.79 Å². The third-order valence-corrected chi connectivity index (χ3v) is 3.14. The molecule has 0 bridgehead atoms. The first-order valence-corrected chi connectivity index (χ1v) is 6.33. The highest BCUT2D eigenvalue weighted by Crippen LogP contribution is 2.18. The minimum absolute atomic E-state index is 0.224. The molecule has 0 unspecified atom stereocenters. The minimum Gasteiger partial charge on any atom is -0.399 e. The van der Waals surface area contributed by atoms with Crippen molar-refractivity contribution in [3.63, 3.8) is 0 Å². The third-order valence-electron chi connectivity index (χ3n) is 2.81. The molecule has 2 rings (SSSR count). The number of nitrogens with one attached hydrogen (secondary N) is 1. The second-order valence-corrected chi connectivity index (χ2v) is 4.81. The van der Waals surface area contributed by atoms with Crippen LogP contribution in [0.2, 0.25) is 5.02 Å². The number of aryl methyl sites for hydroxylation is 1. The molecule has 4 heteroatoms. The van der Waals surface area contributed by atoms with Gasteiger partial charge in [0.1, 0.15) is 0 Å². The molecule has 0 fully saturated rings. The Morgan fingerprint density at radius 1 is 1.21 bits per heavy atom. The Morgan fingerprint density at radius 3 is 2.58 bits per heavy atom. The van der Waals surface area contributed by atoms with Gasteiger partial charge in [-0.2, -0.15) is 0 Å². The van der Waals surface area contributed by atoms with E-state index in [0.29, 0.717) is 22.8 Å². The number of nitrogens with two attached hydrogens (primary N) is 1. The second kappa shape index (κ2) is 5.76. The van der Waals surface area contributed by atoms with Crippen LogP contribution in [0.5, 0.6) is 0 Å². The van der Waals surface area contributed by atoms with Crippen LogP contribution in [-0.4, -0.2) is 5.91 Å². The maximum absolute atomic E-state index is 12.0. The Labute approximate surface area is 117 Å². The molecule has 0 radical (unpaired) electrons. The van der Waals surface area contributed by atoms with Crippen LogP contribution in [0.15, 0.2) is 42.5 Å². The standard InChI is InChI=1S/C15H15ClN2O/c1-10-2-4-11(5-3-10)9-18-15(19)13-8-12(17)6-7-14(13)16/h2-8H,9,17H2,1H3,(H,18,19). The lowest BCUT2D eigenvalue weighted by Crippen LogP contribution is -2.23. The maximum atomic E-state index is 12.0. The molecule has 19 heavy (non-hydrogen) atoms. The lowest BCUT2D eigenvalue weighted by molar-refractivity contribution is 0.0951. The molecule has 3 nitrogen and oxygen atoms in total. The quantitative estimate of drug-likeness (QED) is 0.845. The summed E-state index contributed by atoms with van der Waals surface area (Å²) in [6.45, 7) is 2.49. The summed E-state index contributed by atoms with van der Waals surface area (Å²) < 4.78 is 0. The SMILES string of the molecule is Cc1ccc(CNC(=O)c2cc(N)ccc2Cl)cc1. The summed E-state index contributed by atoms with van der Waals surface area (Å²) in [6, 6.07) is 12.8. The highest BCUT2D eigenvalue weighted by Gasteiger charge is 2.10. The molecule has 0 saturated heterocycles. The van der Waals surface area contributed by atoms with E-state index < -0.39 is 0 Å². The van der Waals surface area contributed by atoms with E-state index in [-0.39, 0.29) is 5.91 Å². The minimum atomic E-state index is -0.224. The highest BCUT2D eigenvalue weighted by molar-refractivity contribution is 6.34. The van der Waals surface area contributed by atoms with Crippen molar-refractivity contribution in [3.05, 3.63) is 64.2 Å². The number of benzene rings is 2. The van der Waals surface area contributed by atoms with E-state index in [1.165, 1.54) is 5.56 Å². The number of halogens is 1. The predicted octanol–water partition coefficient (Wildman–Crippen LogP) is 3.16. The summed E-state index contributed by atoms with van der Waals surface area (Å²) in [4.78, 5) is 12.0. The topological polar surface area (TPSA) is 55.1 Å². The fourth-order valence-electron chi connectivity index (χ4n) is 1.70. The first kappa shape index (κ1) is 13.4. The highest BCUT2D eigenvalue weighted by atomic mass is 35.5. The number of hydrogen-bond acceptors (Lipinski definition) is 2. The van der Waals surface area contributed by atoms with Crippen molar-refractivity contribution in [2.75, 3.05) is 5.73 Å². The Balaban J connectivity index is 2.05. The monoisotopic (exact) mass is 274 g/mol. The maximum Gasteiger partial charge on any atom is 0.253 e. The number of carbonyl (C=O) groups excluding carboxylic acids is 1. The van der Waals surface area contributed by atoms with Gasteiger partial charge >= 0.3 is 0 Å². The molecule has 2 aromatic carbocycles. The molecule has 0 heterocycles. The van der Waals surface area contributed by atoms with Crippen molar-refractivity contribution >= 4 is 23.2 Å². The second-order valence-electron chi connectivity index (χ2n) is 4.41. The van der Waals surface area contributed by atoms with Gasteiger partial charge in [0, 0.05) is 12.2 Å². The van der Waals surface area contributed by atoms with Crippen molar-refractivity contribution in [1.29, 1.82) is 0 Å². The molecule has 0 aliphatic rings. The van der Waals surface area contributed by atoms with Crippen LogP contribution in [0, 0.1) is 6.92 Å². The molecule has 0 aliphatic heterocycles. The van der Waals surface area contributed by atoms with Gasteiger partial charge in [0.15, 0.2) is 0 Å². The number of carbonyl (C=O) groups is 1. The molecular formula is C15H15ClN2O. The van der Waals surface area contributed by atoms with Crippen LogP contribution < -0.4 is 11.1 Å². The molecule has 0 aliphatic carbocycles. The Morgan fingerprint density at radius 2 is 1.89 bits per heavy atom. The summed E-state index contributed by atoms with van der Waals surface area (Å²) in [5.41, 5.74) is 8.80. The number of hydrogen-bond donors (Lipinski definition) is 2. The number of amides is 1. The van der Waals surface area contributed by atoms with Crippen LogP contribution in [0.1, 0.15) is 21.5 Å². The van der Waals surface area contributed by atoms with Crippen LogP contribution in [0.25, 0.3) is 0 Å². The summed E-state index contributed by atoms with van der Waals surface area (Å²) in [5.74, 6) is -0.224. The van der Waals surface area contributed by atoms with Gasteiger partial charge in [-0.3, -0.25) is 4.79 Å². The Hall–Kier alpha value is -2.00. The smallest absolute Gasteiger partial charge is 0.253 e. The summed E-state index contributed by atoms with van der Waals surface area (Å²) >= 11 is 5.98. The van der Waals surface area contributed by atoms with Gasteiger partial charge in [0.05, 0.1) is 10.6 Å². The van der Waals surface area contributed by atoms with Crippen molar-refractivity contribution in [1.82, 2.24) is 5.32 Å². The van der Waals surface area contributed by atoms with Crippen LogP contribution in [0.3, 0.4) is 0 Å². The van der Waals surface area contributed by atoms with Crippen molar-refractivity contribution in [2.45, 2.75) is 13.5 Å². The van der Waals surface area contributed by atoms with Gasteiger partial charge in [-0.1, -0.05) is 41.4 Å². The number of anilines is 1. The molecule has 98 valence electrons. The van der Waals surface area contributed by atoms with Crippen LogP contribution in [-0.2, 0) is 6.54 Å². The zero-order chi connectivity index (χ0) is 13.8. The zero-order valence-corrected chi connectivity index (χ0v) is 11.4. The van der Waals surface area contributed by atoms with Crippen LogP contribution in [0.4, 0.5) is 5.69 Å². The van der Waals surface area contributed by atoms with E-state index in [1.54, 1.807) is 18.2 Å². The van der Waals surface area contributed by atoms with Crippen molar-refractivity contribution < 1.29 is 4.79 Å². The van der Waals surface area contributed by atoms with Gasteiger partial charge in [0.25, 0.3) is 5.91 Å². The lowest BCUT2D eigenvalue weighted by Gasteiger charge is -2.08. The van der Waals surface area contributed by atoms with E-state index in [1.807, 2.05) is 31.2 Å². The fourth-order valence-corrected chi connectivity index (χ4v) is 1.90. The van der Waals surface area contributed by atoms with Crippen molar-refractivity contribution in [2.24, 2.45) is 0 Å². The largest absolute Gasteiger partial charge is 0.399 e. The lowest BCUT2D eigenvalue weighted by atomic mass is 10.1. The van der Waals surface area contributed by atoms with Crippen LogP contribution >= 0.6 is 11.6 Å². The van der Waals surface area contributed by atoms with E-state index in [2.05, 4.69) is 5.32 Å². The summed E-state index contributed by atoms with van der Waals surface area (Å²) in [6.07, 6.45) is 0. The molecule has 0 atom stereocenters. The average molecular weight is 275 g/mol. The third kappa shape index (κ3) is 3.48. The van der Waals surface area contributed by atoms with E-state index >= 15 is 0 Å². The van der Waals surface area contributed by atoms with Crippen molar-refractivity contribution in [3.8, 4) is 0 Å². The van der Waals surface area contributed by atoms with Gasteiger partial charge in [-0.25, -0.2) is 0 Å². The zero-order valence-electron chi connectivity index (χ0n) is 10.6. The predicted molar refractivity (Wildman–Crippen MR) is 78.2 cm³/mol. The molecule has 3 N–H and O–H groups in total. The van der Waals surface area contributed by atoms with Gasteiger partial charge in [0.2, 0.25) is 0 Å². The Kier molecular flexibility index (Phi) is 4.07. The van der Waals surface area contributed by atoms with Gasteiger partial charge in [-0.15, -0.1) is 0 Å². The summed E-state index contributed by atoms with van der Waals surface area (Å²) in [5, 5.41) is 3.22. The summed E-state index contributed by atoms with van der Waals surface area (Å²) in [7, 11) is 0. The number of rotatable bonds is 3. The first-order chi connectivity index (χ1) is 9.06. The molecule has 0 saturated carbocycles. The molecule has 0 aromatic heterocycles. The Bertz CT molecular complexity index is 594. The average Bonchev–Trinajstić information content (AvgIpc) is 2.40. The molecule has 0 spiro atoms. The molecule has 1 amide bonds. The normalized spacial score (nSPS) is 10.2. The van der Waals surface area contributed by atoms with Gasteiger partial charge in [-0.05, 0) is 30.7 Å². The van der Waals surface area contributed by atoms with E-state index in [4.69, 9.17) is 17.3 Å².